The van der Waals surface area contributed by atoms with Crippen molar-refractivity contribution in [2.75, 3.05) is 0 Å². The van der Waals surface area contributed by atoms with Crippen LogP contribution in [0.25, 0.3) is 11.1 Å². The summed E-state index contributed by atoms with van der Waals surface area (Å²) in [5, 5.41) is -0.0451. The van der Waals surface area contributed by atoms with Crippen molar-refractivity contribution >= 4 is 73.9 Å². The van der Waals surface area contributed by atoms with Crippen LogP contribution in [-0.4, -0.2) is 0 Å². The van der Waals surface area contributed by atoms with Gasteiger partial charge in [0.15, 0.2) is 0 Å². The Kier molecular flexibility index (Phi) is 6.09. The van der Waals surface area contributed by atoms with Gasteiger partial charge >= 0.3 is 6.18 Å². The molecule has 0 unspecified atom stereocenters. The van der Waals surface area contributed by atoms with Crippen LogP contribution in [0, 0.1) is 0 Å². The van der Waals surface area contributed by atoms with Crippen molar-refractivity contribution in [2.45, 2.75) is 11.5 Å². The molecule has 9 heteroatoms. The van der Waals surface area contributed by atoms with E-state index in [2.05, 4.69) is 15.9 Å². The summed E-state index contributed by atoms with van der Waals surface area (Å²) in [6.45, 7) is 0. The van der Waals surface area contributed by atoms with Gasteiger partial charge in [0.1, 0.15) is 0 Å². The molecule has 0 nitrogen and oxygen atoms in total. The lowest BCUT2D eigenvalue weighted by Gasteiger charge is -2.17. The first-order chi connectivity index (χ1) is 10.6. The summed E-state index contributed by atoms with van der Waals surface area (Å²) in [5.74, 6) is 0. The Morgan fingerprint density at radius 3 is 1.74 bits per heavy atom. The van der Waals surface area contributed by atoms with E-state index in [0.717, 1.165) is 12.1 Å². The predicted molar refractivity (Wildman–Crippen MR) is 94.6 cm³/mol. The van der Waals surface area contributed by atoms with Gasteiger partial charge in [-0.25, -0.2) is 0 Å². The van der Waals surface area contributed by atoms with Crippen molar-refractivity contribution in [1.29, 1.82) is 0 Å². The fourth-order valence-electron chi connectivity index (χ4n) is 1.94. The summed E-state index contributed by atoms with van der Waals surface area (Å²) < 4.78 is 39.0. The van der Waals surface area contributed by atoms with Gasteiger partial charge in [0.05, 0.1) is 30.7 Å². The molecule has 0 radical (unpaired) electrons. The van der Waals surface area contributed by atoms with Gasteiger partial charge in [-0.1, -0.05) is 80.0 Å². The van der Waals surface area contributed by atoms with Crippen LogP contribution in [0.5, 0.6) is 0 Å². The number of hydrogen-bond acceptors (Lipinski definition) is 0. The summed E-state index contributed by atoms with van der Waals surface area (Å²) in [7, 11) is 0. The third-order valence-electron chi connectivity index (χ3n) is 3.06. The highest BCUT2D eigenvalue weighted by atomic mass is 79.9. The zero-order chi connectivity index (χ0) is 17.5. The van der Waals surface area contributed by atoms with E-state index in [9.17, 15) is 13.2 Å². The average Bonchev–Trinajstić information content (AvgIpc) is 2.50. The van der Waals surface area contributed by atoms with Crippen molar-refractivity contribution in [2.24, 2.45) is 0 Å². The zero-order valence-electron chi connectivity index (χ0n) is 10.8. The van der Waals surface area contributed by atoms with Crippen molar-refractivity contribution in [3.05, 3.63) is 54.4 Å². The highest BCUT2D eigenvalue weighted by Crippen LogP contribution is 2.49. The largest absolute Gasteiger partial charge is 0.416 e. The number of halogens is 9. The molecule has 0 saturated heterocycles. The first kappa shape index (κ1) is 19.5. The second kappa shape index (κ2) is 7.19. The molecule has 0 heterocycles. The van der Waals surface area contributed by atoms with Crippen molar-refractivity contribution in [3.63, 3.8) is 0 Å². The Morgan fingerprint density at radius 1 is 0.826 bits per heavy atom. The van der Waals surface area contributed by atoms with Crippen molar-refractivity contribution < 1.29 is 13.2 Å². The average molecular weight is 487 g/mol. The van der Waals surface area contributed by atoms with Gasteiger partial charge in [-0.3, -0.25) is 0 Å². The third kappa shape index (κ3) is 3.73. The zero-order valence-corrected chi connectivity index (χ0v) is 16.2. The maximum absolute atomic E-state index is 13.0. The molecule has 2 aromatic carbocycles. The van der Waals surface area contributed by atoms with E-state index in [1.54, 1.807) is 0 Å². The standard InChI is InChI=1S/C14H5BrCl5F3/c15-4-5-1-2-6(14(21,22)23)3-7(5)8-9(16)11(18)13(20)12(19)10(8)17/h1-3H,4H2. The van der Waals surface area contributed by atoms with Gasteiger partial charge in [-0.15, -0.1) is 0 Å². The molecule has 23 heavy (non-hydrogen) atoms. The van der Waals surface area contributed by atoms with Gasteiger partial charge in [0.2, 0.25) is 0 Å². The van der Waals surface area contributed by atoms with Crippen LogP contribution in [0.15, 0.2) is 18.2 Å². The van der Waals surface area contributed by atoms with Crippen molar-refractivity contribution in [3.8, 4) is 11.1 Å². The van der Waals surface area contributed by atoms with Crippen LogP contribution in [0.3, 0.4) is 0 Å². The van der Waals surface area contributed by atoms with E-state index in [4.69, 9.17) is 58.0 Å². The van der Waals surface area contributed by atoms with Gasteiger partial charge in [0, 0.05) is 10.9 Å². The lowest BCUT2D eigenvalue weighted by molar-refractivity contribution is -0.137. The first-order valence-corrected chi connectivity index (χ1v) is 8.88. The van der Waals surface area contributed by atoms with Crippen LogP contribution < -0.4 is 0 Å². The molecule has 0 N–H and O–H groups in total. The number of alkyl halides is 4. The summed E-state index contributed by atoms with van der Waals surface area (Å²) in [6, 6.07) is 3.25. The maximum atomic E-state index is 13.0. The minimum absolute atomic E-state index is 0.0561. The topological polar surface area (TPSA) is 0 Å². The van der Waals surface area contributed by atoms with E-state index >= 15 is 0 Å². The van der Waals surface area contributed by atoms with E-state index in [1.807, 2.05) is 0 Å². The van der Waals surface area contributed by atoms with Crippen LogP contribution >= 0.6 is 73.9 Å². The molecule has 2 rings (SSSR count). The molecule has 0 atom stereocenters. The van der Waals surface area contributed by atoms with Crippen molar-refractivity contribution in [1.82, 2.24) is 0 Å². The number of hydrogen-bond donors (Lipinski definition) is 0. The van der Waals surface area contributed by atoms with Gasteiger partial charge < -0.3 is 0 Å². The molecule has 0 saturated carbocycles. The Hall–Kier alpha value is 0.160. The molecule has 0 aromatic heterocycles. The Bertz CT molecular complexity index is 745. The Balaban J connectivity index is 2.86. The van der Waals surface area contributed by atoms with Crippen LogP contribution in [0.1, 0.15) is 11.1 Å². The Morgan fingerprint density at radius 2 is 1.30 bits per heavy atom. The Labute approximate surface area is 163 Å². The second-order valence-corrected chi connectivity index (χ2v) is 6.90. The molecule has 0 aliphatic carbocycles. The molecule has 0 aliphatic rings. The summed E-state index contributed by atoms with van der Waals surface area (Å²) in [4.78, 5) is 0. The quantitative estimate of drug-likeness (QED) is 0.226. The van der Waals surface area contributed by atoms with Crippen LogP contribution in [-0.2, 0) is 11.5 Å². The second-order valence-electron chi connectivity index (χ2n) is 4.45. The molecule has 0 fully saturated rings. The molecular formula is C14H5BrCl5F3. The summed E-state index contributed by atoms with van der Waals surface area (Å²) in [6.07, 6.45) is -4.52. The van der Waals surface area contributed by atoms with E-state index < -0.39 is 11.7 Å². The number of benzene rings is 2. The highest BCUT2D eigenvalue weighted by molar-refractivity contribution is 9.08. The highest BCUT2D eigenvalue weighted by Gasteiger charge is 2.32. The van der Waals surface area contributed by atoms with Crippen LogP contribution in [0.2, 0.25) is 25.1 Å². The molecule has 0 spiro atoms. The molecule has 0 aliphatic heterocycles. The molecule has 0 bridgehead atoms. The lowest BCUT2D eigenvalue weighted by Crippen LogP contribution is -2.06. The minimum Gasteiger partial charge on any atom is -0.166 e. The minimum atomic E-state index is -4.52. The fraction of sp³-hybridized carbons (Fsp3) is 0.143. The number of rotatable bonds is 2. The summed E-state index contributed by atoms with van der Waals surface area (Å²) in [5.41, 5.74) is -0.0248. The summed E-state index contributed by atoms with van der Waals surface area (Å²) >= 11 is 33.4. The van der Waals surface area contributed by atoms with Gasteiger partial charge in [0.25, 0.3) is 0 Å². The normalized spacial score (nSPS) is 11.9. The molecule has 2 aromatic rings. The maximum Gasteiger partial charge on any atom is 0.416 e. The van der Waals surface area contributed by atoms with E-state index in [1.165, 1.54) is 6.07 Å². The molecule has 124 valence electrons. The predicted octanol–water partition coefficient (Wildman–Crippen LogP) is 8.53. The van der Waals surface area contributed by atoms with Gasteiger partial charge in [-0.05, 0) is 23.3 Å². The van der Waals surface area contributed by atoms with Gasteiger partial charge in [-0.2, -0.15) is 13.2 Å². The van der Waals surface area contributed by atoms with Crippen LogP contribution in [0.4, 0.5) is 13.2 Å². The first-order valence-electron chi connectivity index (χ1n) is 5.87. The SMILES string of the molecule is FC(F)(F)c1ccc(CBr)c(-c2c(Cl)c(Cl)c(Cl)c(Cl)c2Cl)c1. The molecule has 0 amide bonds. The smallest absolute Gasteiger partial charge is 0.166 e. The fourth-order valence-corrected chi connectivity index (χ4v) is 3.77. The monoisotopic (exact) mass is 484 g/mol. The lowest BCUT2D eigenvalue weighted by atomic mass is 9.97. The van der Waals surface area contributed by atoms with E-state index in [-0.39, 0.29) is 41.6 Å². The van der Waals surface area contributed by atoms with E-state index in [0.29, 0.717) is 5.56 Å². The molecular weight excluding hydrogens is 482 g/mol. The third-order valence-corrected chi connectivity index (χ3v) is 5.94.